The average molecular weight is 654 g/mol. The first kappa shape index (κ1) is 36.2. The summed E-state index contributed by atoms with van der Waals surface area (Å²) in [6.45, 7) is 2.62. The first-order chi connectivity index (χ1) is 22.7. The minimum atomic E-state index is -1.29. The van der Waals surface area contributed by atoms with Gasteiger partial charge in [0.2, 0.25) is 11.8 Å². The van der Waals surface area contributed by atoms with Crippen molar-refractivity contribution in [1.29, 1.82) is 0 Å². The molecular formula is C35H34F2LiN3O7. The van der Waals surface area contributed by atoms with Crippen molar-refractivity contribution in [2.45, 2.75) is 51.9 Å². The number of hydrogen-bond acceptors (Lipinski definition) is 8. The van der Waals surface area contributed by atoms with Crippen LogP contribution in [0.4, 0.5) is 20.2 Å². The van der Waals surface area contributed by atoms with Gasteiger partial charge in [0, 0.05) is 41.1 Å². The van der Waals surface area contributed by atoms with Gasteiger partial charge in [-0.1, -0.05) is 12.8 Å². The number of fused-ring (bicyclic) bond motifs is 1. The summed E-state index contributed by atoms with van der Waals surface area (Å²) in [5, 5.41) is 16.4. The van der Waals surface area contributed by atoms with E-state index < -0.39 is 34.8 Å². The third-order valence-electron chi connectivity index (χ3n) is 7.73. The Morgan fingerprint density at radius 2 is 1.48 bits per heavy atom. The second kappa shape index (κ2) is 16.4. The number of hydrogen-bond donors (Lipinski definition) is 2. The number of carbonyl (C=O) groups is 3. The third-order valence-corrected chi connectivity index (χ3v) is 7.73. The van der Waals surface area contributed by atoms with Crippen molar-refractivity contribution in [3.63, 3.8) is 0 Å². The van der Waals surface area contributed by atoms with Crippen molar-refractivity contribution in [3.05, 3.63) is 78.5 Å². The number of rotatable bonds is 16. The van der Waals surface area contributed by atoms with Crippen molar-refractivity contribution in [2.75, 3.05) is 23.8 Å². The van der Waals surface area contributed by atoms with E-state index in [4.69, 9.17) is 14.2 Å². The standard InChI is InChI=1S/C35H35F2N3O7.Li/c1-2-45-30-20-25-27(21-31(30)46-18-6-4-3-5-7-32(41)42)38-17-14-28(25)47-29-13-12-24(19-26(29)37)40-34(44)35(15-16-35)33(43)39-23-10-8-22(36)9-11-23;/h8-14,17,19-21H,2-7,15-16,18H2,1H3,(H,39,43)(H,40,44)(H,41,42);/q;+1/p-1. The van der Waals surface area contributed by atoms with Gasteiger partial charge in [-0.3, -0.25) is 14.6 Å². The molecule has 10 nitrogen and oxygen atoms in total. The Morgan fingerprint density at radius 3 is 2.15 bits per heavy atom. The average Bonchev–Trinajstić information content (AvgIpc) is 3.86. The van der Waals surface area contributed by atoms with Crippen molar-refractivity contribution in [3.8, 4) is 23.0 Å². The molecule has 3 aromatic carbocycles. The van der Waals surface area contributed by atoms with Gasteiger partial charge in [-0.15, -0.1) is 0 Å². The number of nitrogens with zero attached hydrogens (tertiary/aromatic N) is 1. The molecule has 0 radical (unpaired) electrons. The van der Waals surface area contributed by atoms with Gasteiger partial charge in [0.05, 0.1) is 18.7 Å². The molecule has 1 saturated carbocycles. The summed E-state index contributed by atoms with van der Waals surface area (Å²) in [4.78, 5) is 40.9. The van der Waals surface area contributed by atoms with Crippen LogP contribution in [-0.4, -0.2) is 36.0 Å². The second-order valence-corrected chi connectivity index (χ2v) is 11.2. The maximum atomic E-state index is 15.3. The van der Waals surface area contributed by atoms with Crippen LogP contribution in [0.1, 0.15) is 51.9 Å². The predicted octanol–water partition coefficient (Wildman–Crippen LogP) is 3.14. The molecule has 0 unspecified atom stereocenters. The maximum absolute atomic E-state index is 15.3. The van der Waals surface area contributed by atoms with Gasteiger partial charge in [-0.2, -0.15) is 0 Å². The van der Waals surface area contributed by atoms with E-state index >= 15 is 4.39 Å². The predicted molar refractivity (Wildman–Crippen MR) is 168 cm³/mol. The number of ether oxygens (including phenoxy) is 3. The molecule has 1 aliphatic rings. The van der Waals surface area contributed by atoms with Gasteiger partial charge in [0.15, 0.2) is 23.1 Å². The Bertz CT molecular complexity index is 1770. The number of unbranched alkanes of at least 4 members (excludes halogenated alkanes) is 3. The van der Waals surface area contributed by atoms with Crippen molar-refractivity contribution in [1.82, 2.24) is 4.98 Å². The van der Waals surface area contributed by atoms with Crippen LogP contribution in [0.5, 0.6) is 23.0 Å². The van der Waals surface area contributed by atoms with Crippen LogP contribution in [-0.2, 0) is 14.4 Å². The van der Waals surface area contributed by atoms with Crippen molar-refractivity contribution in [2.24, 2.45) is 5.41 Å². The summed E-state index contributed by atoms with van der Waals surface area (Å²) < 4.78 is 46.1. The van der Waals surface area contributed by atoms with E-state index in [0.717, 1.165) is 25.3 Å². The smallest absolute Gasteiger partial charge is 0.550 e. The quantitative estimate of drug-likeness (QED) is 0.107. The molecular weight excluding hydrogens is 619 g/mol. The zero-order valence-corrected chi connectivity index (χ0v) is 26.8. The van der Waals surface area contributed by atoms with Crippen LogP contribution in [0.25, 0.3) is 10.9 Å². The third kappa shape index (κ3) is 9.02. The molecule has 0 atom stereocenters. The Labute approximate surface area is 288 Å². The van der Waals surface area contributed by atoms with Crippen LogP contribution in [0.3, 0.4) is 0 Å². The molecule has 13 heteroatoms. The number of benzene rings is 3. The number of pyridine rings is 1. The largest absolute Gasteiger partial charge is 1.00 e. The van der Waals surface area contributed by atoms with Crippen LogP contribution < -0.4 is 48.8 Å². The molecule has 4 aromatic rings. The van der Waals surface area contributed by atoms with Gasteiger partial charge < -0.3 is 34.7 Å². The van der Waals surface area contributed by atoms with Gasteiger partial charge in [-0.25, -0.2) is 8.78 Å². The van der Waals surface area contributed by atoms with E-state index in [-0.39, 0.29) is 36.7 Å². The number of halogens is 2. The summed E-state index contributed by atoms with van der Waals surface area (Å²) in [5.41, 5.74) is -0.243. The molecule has 2 N–H and O–H groups in total. The fraction of sp³-hybridized carbons (Fsp3) is 0.314. The van der Waals surface area contributed by atoms with Gasteiger partial charge in [0.1, 0.15) is 17.0 Å². The van der Waals surface area contributed by atoms with Crippen LogP contribution >= 0.6 is 0 Å². The van der Waals surface area contributed by atoms with E-state index in [1.165, 1.54) is 42.6 Å². The number of amides is 2. The first-order valence-corrected chi connectivity index (χ1v) is 15.4. The Kier molecular flexibility index (Phi) is 12.4. The van der Waals surface area contributed by atoms with Crippen molar-refractivity contribution >= 4 is 40.1 Å². The van der Waals surface area contributed by atoms with Gasteiger partial charge in [0.25, 0.3) is 0 Å². The Morgan fingerprint density at radius 1 is 0.812 bits per heavy atom. The fourth-order valence-corrected chi connectivity index (χ4v) is 5.00. The van der Waals surface area contributed by atoms with Crippen LogP contribution in [0.2, 0.25) is 0 Å². The number of carboxylic acids is 1. The van der Waals surface area contributed by atoms with E-state index in [1.807, 2.05) is 6.92 Å². The minimum absolute atomic E-state index is 0. The molecule has 1 aliphatic carbocycles. The monoisotopic (exact) mass is 653 g/mol. The second-order valence-electron chi connectivity index (χ2n) is 11.2. The maximum Gasteiger partial charge on any atom is 1.00 e. The summed E-state index contributed by atoms with van der Waals surface area (Å²) in [6, 6.07) is 14.2. The molecule has 48 heavy (non-hydrogen) atoms. The summed E-state index contributed by atoms with van der Waals surface area (Å²) in [6.07, 6.45) is 5.08. The minimum Gasteiger partial charge on any atom is -0.550 e. The van der Waals surface area contributed by atoms with Crippen molar-refractivity contribution < 1.29 is 61.3 Å². The summed E-state index contributed by atoms with van der Waals surface area (Å²) >= 11 is 0. The molecule has 0 aliphatic heterocycles. The van der Waals surface area contributed by atoms with Gasteiger partial charge >= 0.3 is 18.9 Å². The molecule has 2 amide bonds. The molecule has 1 fully saturated rings. The number of aliphatic carboxylic acids is 1. The normalized spacial score (nSPS) is 12.8. The Balaban J connectivity index is 0.00000520. The van der Waals surface area contributed by atoms with E-state index in [1.54, 1.807) is 18.2 Å². The molecule has 0 spiro atoms. The van der Waals surface area contributed by atoms with Gasteiger partial charge in [-0.05, 0) is 87.6 Å². The zero-order chi connectivity index (χ0) is 33.4. The zero-order valence-electron chi connectivity index (χ0n) is 26.8. The van der Waals surface area contributed by atoms with Crippen LogP contribution in [0, 0.1) is 17.0 Å². The fourth-order valence-electron chi connectivity index (χ4n) is 5.00. The molecule has 0 bridgehead atoms. The number of carboxylic acid groups (broad SMARTS) is 1. The SMILES string of the molecule is CCOc1cc2c(Oc3ccc(NC(=O)C4(C(=O)Nc5ccc(F)cc5)CC4)cc3F)ccnc2cc1OCCCCCCC(=O)[O-].[Li+]. The number of nitrogens with one attached hydrogen (secondary N) is 2. The van der Waals surface area contributed by atoms with E-state index in [9.17, 15) is 23.9 Å². The topological polar surface area (TPSA) is 139 Å². The van der Waals surface area contributed by atoms with E-state index in [0.29, 0.717) is 66.3 Å². The number of anilines is 2. The molecule has 1 heterocycles. The Hall–Kier alpha value is -4.66. The molecule has 0 saturated heterocycles. The molecule has 1 aromatic heterocycles. The molecule has 5 rings (SSSR count). The number of aromatic nitrogens is 1. The number of carbonyl (C=O) groups excluding carboxylic acids is 3. The summed E-state index contributed by atoms with van der Waals surface area (Å²) in [7, 11) is 0. The first-order valence-electron chi connectivity index (χ1n) is 15.4. The summed E-state index contributed by atoms with van der Waals surface area (Å²) in [5.74, 6) is -2.14. The molecule has 246 valence electrons. The van der Waals surface area contributed by atoms with E-state index in [2.05, 4.69) is 15.6 Å². The van der Waals surface area contributed by atoms with Crippen LogP contribution in [0.15, 0.2) is 66.9 Å².